The van der Waals surface area contributed by atoms with Gasteiger partial charge in [-0.2, -0.15) is 0 Å². The van der Waals surface area contributed by atoms with Gasteiger partial charge in [0.2, 0.25) is 0 Å². The van der Waals surface area contributed by atoms with Crippen molar-refractivity contribution in [2.24, 2.45) is 0 Å². The summed E-state index contributed by atoms with van der Waals surface area (Å²) < 4.78 is 0. The number of amides is 2. The summed E-state index contributed by atoms with van der Waals surface area (Å²) in [5, 5.41) is 16.2. The van der Waals surface area contributed by atoms with Gasteiger partial charge in [-0.15, -0.1) is 0 Å². The lowest BCUT2D eigenvalue weighted by Crippen LogP contribution is -2.19. The van der Waals surface area contributed by atoms with E-state index in [1.807, 2.05) is 49.4 Å². The largest absolute Gasteiger partial charge is 0.508 e. The quantitative estimate of drug-likeness (QED) is 0.366. The Morgan fingerprint density at radius 3 is 2.48 bits per heavy atom. The number of phenols is 1. The molecular formula is C22H19N3O2. The summed E-state index contributed by atoms with van der Waals surface area (Å²) in [5.74, 6) is 0.153. The summed E-state index contributed by atoms with van der Waals surface area (Å²) in [6.07, 6.45) is 0. The molecule has 0 aliphatic rings. The summed E-state index contributed by atoms with van der Waals surface area (Å²) in [4.78, 5) is 15.8. The van der Waals surface area contributed by atoms with Gasteiger partial charge in [0.05, 0.1) is 5.69 Å². The maximum atomic E-state index is 12.4. The van der Waals surface area contributed by atoms with E-state index in [0.717, 1.165) is 33.4 Å². The summed E-state index contributed by atoms with van der Waals surface area (Å²) >= 11 is 0. The van der Waals surface area contributed by atoms with Crippen molar-refractivity contribution in [2.45, 2.75) is 6.92 Å². The van der Waals surface area contributed by atoms with Crippen LogP contribution in [0.3, 0.4) is 0 Å². The minimum absolute atomic E-state index is 0.153. The minimum atomic E-state index is -0.344. The number of aromatic amines is 1. The fraction of sp³-hybridized carbons (Fsp3) is 0.0455. The first-order valence-electron chi connectivity index (χ1n) is 8.64. The van der Waals surface area contributed by atoms with Crippen molar-refractivity contribution >= 4 is 28.3 Å². The Morgan fingerprint density at radius 2 is 1.70 bits per heavy atom. The van der Waals surface area contributed by atoms with E-state index in [9.17, 15) is 9.90 Å². The third kappa shape index (κ3) is 3.62. The number of H-pyrrole nitrogens is 1. The molecule has 27 heavy (non-hydrogen) atoms. The minimum Gasteiger partial charge on any atom is -0.508 e. The van der Waals surface area contributed by atoms with Gasteiger partial charge in [0.15, 0.2) is 0 Å². The number of urea groups is 1. The highest BCUT2D eigenvalue weighted by atomic mass is 16.3. The molecule has 1 aromatic heterocycles. The smallest absolute Gasteiger partial charge is 0.323 e. The van der Waals surface area contributed by atoms with Gasteiger partial charge in [-0.05, 0) is 55.0 Å². The van der Waals surface area contributed by atoms with Crippen LogP contribution in [0.25, 0.3) is 22.2 Å². The van der Waals surface area contributed by atoms with E-state index in [1.54, 1.807) is 12.1 Å². The van der Waals surface area contributed by atoms with Crippen molar-refractivity contribution in [1.82, 2.24) is 4.98 Å². The predicted octanol–water partition coefficient (Wildman–Crippen LogP) is 5.49. The number of anilines is 2. The van der Waals surface area contributed by atoms with Gasteiger partial charge in [0.25, 0.3) is 0 Å². The number of rotatable bonds is 3. The Kier molecular flexibility index (Phi) is 4.26. The first-order chi connectivity index (χ1) is 13.1. The zero-order valence-corrected chi connectivity index (χ0v) is 14.8. The van der Waals surface area contributed by atoms with E-state index in [2.05, 4.69) is 21.7 Å². The number of phenolic OH excluding ortho intramolecular Hbond substituents is 1. The van der Waals surface area contributed by atoms with Gasteiger partial charge in [0, 0.05) is 27.8 Å². The van der Waals surface area contributed by atoms with Crippen molar-refractivity contribution in [3.63, 3.8) is 0 Å². The second-order valence-electron chi connectivity index (χ2n) is 6.45. The lowest BCUT2D eigenvalue weighted by Gasteiger charge is -2.12. The van der Waals surface area contributed by atoms with Crippen LogP contribution in [0.5, 0.6) is 5.75 Å². The molecule has 0 fully saturated rings. The molecule has 0 spiro atoms. The number of para-hydroxylation sites is 1. The summed E-state index contributed by atoms with van der Waals surface area (Å²) in [6.45, 7) is 1.98. The van der Waals surface area contributed by atoms with Crippen LogP contribution in [0.2, 0.25) is 0 Å². The number of aromatic nitrogens is 1. The molecule has 5 heteroatoms. The van der Waals surface area contributed by atoms with E-state index in [1.165, 1.54) is 12.1 Å². The van der Waals surface area contributed by atoms with Gasteiger partial charge in [-0.1, -0.05) is 30.3 Å². The number of benzene rings is 3. The average Bonchev–Trinajstić information content (AvgIpc) is 3.07. The Balaban J connectivity index is 1.63. The number of hydrogen-bond acceptors (Lipinski definition) is 2. The molecule has 0 saturated carbocycles. The highest BCUT2D eigenvalue weighted by Crippen LogP contribution is 2.31. The normalized spacial score (nSPS) is 10.7. The van der Waals surface area contributed by atoms with Crippen LogP contribution in [-0.4, -0.2) is 16.1 Å². The van der Waals surface area contributed by atoms with Crippen LogP contribution >= 0.6 is 0 Å². The summed E-state index contributed by atoms with van der Waals surface area (Å²) in [7, 11) is 0. The molecule has 4 rings (SSSR count). The molecule has 4 N–H and O–H groups in total. The Hall–Kier alpha value is -3.73. The van der Waals surface area contributed by atoms with Crippen LogP contribution < -0.4 is 10.6 Å². The lowest BCUT2D eigenvalue weighted by molar-refractivity contribution is 0.262. The van der Waals surface area contributed by atoms with Crippen molar-refractivity contribution in [3.8, 4) is 17.0 Å². The van der Waals surface area contributed by atoms with E-state index < -0.39 is 0 Å². The topological polar surface area (TPSA) is 77.2 Å². The molecule has 5 nitrogen and oxygen atoms in total. The SMILES string of the molecule is Cc1ccc(-c2cc3ccccc3[nH]2)c(NC(=O)Nc2ccc(O)cc2)c1. The summed E-state index contributed by atoms with van der Waals surface area (Å²) in [6, 6.07) is 22.1. The average molecular weight is 357 g/mol. The number of nitrogens with one attached hydrogen (secondary N) is 3. The molecule has 0 aliphatic heterocycles. The van der Waals surface area contributed by atoms with E-state index in [-0.39, 0.29) is 11.8 Å². The van der Waals surface area contributed by atoms with E-state index in [4.69, 9.17) is 0 Å². The molecule has 0 saturated heterocycles. The highest BCUT2D eigenvalue weighted by Gasteiger charge is 2.11. The summed E-state index contributed by atoms with van der Waals surface area (Å²) in [5.41, 5.74) is 5.28. The Labute approximate surface area is 156 Å². The van der Waals surface area contributed by atoms with Crippen molar-refractivity contribution in [3.05, 3.63) is 78.4 Å². The molecule has 0 bridgehead atoms. The molecule has 0 radical (unpaired) electrons. The molecule has 4 aromatic rings. The first kappa shape index (κ1) is 16.7. The highest BCUT2D eigenvalue weighted by molar-refractivity contribution is 6.02. The van der Waals surface area contributed by atoms with Crippen LogP contribution in [0.1, 0.15) is 5.56 Å². The van der Waals surface area contributed by atoms with Crippen LogP contribution in [0, 0.1) is 6.92 Å². The lowest BCUT2D eigenvalue weighted by atomic mass is 10.1. The number of aromatic hydroxyl groups is 1. The fourth-order valence-corrected chi connectivity index (χ4v) is 3.04. The zero-order chi connectivity index (χ0) is 18.8. The molecule has 0 atom stereocenters. The van der Waals surface area contributed by atoms with Crippen LogP contribution in [0.15, 0.2) is 72.8 Å². The number of aryl methyl sites for hydroxylation is 1. The molecule has 3 aromatic carbocycles. The van der Waals surface area contributed by atoms with E-state index in [0.29, 0.717) is 5.69 Å². The second kappa shape index (κ2) is 6.88. The van der Waals surface area contributed by atoms with Gasteiger partial charge in [-0.25, -0.2) is 4.79 Å². The maximum absolute atomic E-state index is 12.4. The Bertz CT molecular complexity index is 1080. The van der Waals surface area contributed by atoms with E-state index >= 15 is 0 Å². The third-order valence-electron chi connectivity index (χ3n) is 4.37. The molecule has 2 amide bonds. The number of carbonyl (C=O) groups is 1. The maximum Gasteiger partial charge on any atom is 0.323 e. The van der Waals surface area contributed by atoms with Crippen LogP contribution in [0.4, 0.5) is 16.2 Å². The van der Waals surface area contributed by atoms with Crippen molar-refractivity contribution in [2.75, 3.05) is 10.6 Å². The number of fused-ring (bicyclic) bond motifs is 1. The predicted molar refractivity (Wildman–Crippen MR) is 109 cm³/mol. The molecule has 134 valence electrons. The standard InChI is InChI=1S/C22H19N3O2/c1-14-6-11-18(21-13-15-4-2-3-5-19(15)24-21)20(12-14)25-22(27)23-16-7-9-17(26)10-8-16/h2-13,24,26H,1H3,(H2,23,25,27). The van der Waals surface area contributed by atoms with Gasteiger partial charge >= 0.3 is 6.03 Å². The van der Waals surface area contributed by atoms with Gasteiger partial charge in [-0.3, -0.25) is 0 Å². The van der Waals surface area contributed by atoms with Gasteiger partial charge in [0.1, 0.15) is 5.75 Å². The number of carbonyl (C=O) groups excluding carboxylic acids is 1. The molecular weight excluding hydrogens is 338 g/mol. The van der Waals surface area contributed by atoms with Crippen LogP contribution in [-0.2, 0) is 0 Å². The first-order valence-corrected chi connectivity index (χ1v) is 8.64. The third-order valence-corrected chi connectivity index (χ3v) is 4.37. The molecule has 0 aliphatic carbocycles. The number of hydrogen-bond donors (Lipinski definition) is 4. The monoisotopic (exact) mass is 357 g/mol. The molecule has 0 unspecified atom stereocenters. The van der Waals surface area contributed by atoms with Gasteiger partial charge < -0.3 is 20.7 Å². The fourth-order valence-electron chi connectivity index (χ4n) is 3.04. The molecule has 1 heterocycles. The zero-order valence-electron chi connectivity index (χ0n) is 14.8. The Morgan fingerprint density at radius 1 is 0.926 bits per heavy atom. The second-order valence-corrected chi connectivity index (χ2v) is 6.45. The van der Waals surface area contributed by atoms with Crippen molar-refractivity contribution < 1.29 is 9.90 Å². The van der Waals surface area contributed by atoms with Crippen molar-refractivity contribution in [1.29, 1.82) is 0 Å².